The first-order valence-electron chi connectivity index (χ1n) is 17.2. The van der Waals surface area contributed by atoms with E-state index in [9.17, 15) is 19.2 Å². The Labute approximate surface area is 284 Å². The van der Waals surface area contributed by atoms with Crippen LogP contribution in [-0.2, 0) is 35.2 Å². The lowest BCUT2D eigenvalue weighted by molar-refractivity contribution is -0.154. The largest absolute Gasteiger partial charge is 0.489 e. The summed E-state index contributed by atoms with van der Waals surface area (Å²) in [5, 5.41) is 3.20. The highest BCUT2D eigenvalue weighted by Crippen LogP contribution is 2.31. The molecule has 0 aliphatic carbocycles. The molecular weight excluding hydrogens is 614 g/mol. The zero-order valence-electron chi connectivity index (χ0n) is 28.8. The van der Waals surface area contributed by atoms with Gasteiger partial charge in [-0.15, -0.1) is 0 Å². The smallest absolute Gasteiger partial charge is 0.410 e. The van der Waals surface area contributed by atoms with Crippen LogP contribution in [0.2, 0.25) is 0 Å². The van der Waals surface area contributed by atoms with E-state index < -0.39 is 29.6 Å². The van der Waals surface area contributed by atoms with Crippen LogP contribution in [0.25, 0.3) is 0 Å². The predicted molar refractivity (Wildman–Crippen MR) is 181 cm³/mol. The second kappa shape index (κ2) is 17.9. The summed E-state index contributed by atoms with van der Waals surface area (Å²) in [4.78, 5) is 55.3. The van der Waals surface area contributed by atoms with E-state index in [0.717, 1.165) is 44.1 Å². The third-order valence-corrected chi connectivity index (χ3v) is 8.49. The van der Waals surface area contributed by atoms with Gasteiger partial charge in [-0.25, -0.2) is 4.79 Å². The molecule has 2 aromatic rings. The van der Waals surface area contributed by atoms with E-state index in [1.54, 1.807) is 56.9 Å². The number of unbranched alkanes of at least 4 members (excludes halogenated alkanes) is 2. The van der Waals surface area contributed by atoms with Gasteiger partial charge in [0.05, 0.1) is 12.3 Å². The molecule has 2 aliphatic heterocycles. The number of ether oxygens (including phenoxy) is 4. The number of piperidine rings is 1. The number of nitrogens with one attached hydrogen (secondary N) is 1. The van der Waals surface area contributed by atoms with Crippen LogP contribution in [0.5, 0.6) is 5.75 Å². The van der Waals surface area contributed by atoms with Crippen molar-refractivity contribution in [3.63, 3.8) is 0 Å². The normalized spacial score (nSPS) is 17.5. The fourth-order valence-electron chi connectivity index (χ4n) is 6.07. The molecule has 1 N–H and O–H groups in total. The summed E-state index contributed by atoms with van der Waals surface area (Å²) in [5.74, 6) is -0.323. The van der Waals surface area contributed by atoms with Crippen molar-refractivity contribution in [1.82, 2.24) is 10.2 Å². The van der Waals surface area contributed by atoms with Gasteiger partial charge < -0.3 is 23.8 Å². The molecule has 0 saturated carbocycles. The van der Waals surface area contributed by atoms with Crippen LogP contribution in [0.4, 0.5) is 10.5 Å². The summed E-state index contributed by atoms with van der Waals surface area (Å²) in [6, 6.07) is 15.1. The Balaban J connectivity index is 1.25. The van der Waals surface area contributed by atoms with E-state index in [0.29, 0.717) is 36.9 Å². The Morgan fingerprint density at radius 2 is 1.67 bits per heavy atom. The Morgan fingerprint density at radius 1 is 0.958 bits per heavy atom. The molecular formula is C37H51N3O8. The third-order valence-electron chi connectivity index (χ3n) is 8.49. The molecule has 262 valence electrons. The Kier molecular flexibility index (Phi) is 13.7. The molecule has 2 heterocycles. The van der Waals surface area contributed by atoms with Gasteiger partial charge in [-0.2, -0.15) is 0 Å². The van der Waals surface area contributed by atoms with Crippen LogP contribution in [0, 0.1) is 5.92 Å². The molecule has 0 aromatic heterocycles. The van der Waals surface area contributed by atoms with Crippen molar-refractivity contribution in [1.29, 1.82) is 0 Å². The first-order valence-corrected chi connectivity index (χ1v) is 17.2. The maximum Gasteiger partial charge on any atom is 0.410 e. The number of hydrogen-bond acceptors (Lipinski definition) is 9. The van der Waals surface area contributed by atoms with Crippen LogP contribution >= 0.6 is 0 Å². The summed E-state index contributed by atoms with van der Waals surface area (Å²) in [6.07, 6.45) is 5.86. The fraction of sp³-hybridized carbons (Fsp3) is 0.568. The number of carbonyl (C=O) groups excluding carboxylic acids is 4. The van der Waals surface area contributed by atoms with Gasteiger partial charge in [0.1, 0.15) is 43.2 Å². The lowest BCUT2D eigenvalue weighted by atomic mass is 9.91. The monoisotopic (exact) mass is 665 g/mol. The molecule has 4 rings (SSSR count). The number of para-hydroxylation sites is 2. The number of fused-ring (bicyclic) bond motifs is 1. The molecule has 0 spiro atoms. The van der Waals surface area contributed by atoms with Crippen LogP contribution in [0.15, 0.2) is 54.6 Å². The van der Waals surface area contributed by atoms with Gasteiger partial charge in [-0.05, 0) is 70.6 Å². The van der Waals surface area contributed by atoms with Crippen LogP contribution in [-0.4, -0.2) is 79.4 Å². The number of hydrogen-bond donors (Lipinski definition) is 1. The highest BCUT2D eigenvalue weighted by molar-refractivity contribution is 6.02. The number of carbonyl (C=O) groups is 4. The van der Waals surface area contributed by atoms with Gasteiger partial charge in [0, 0.05) is 13.1 Å². The van der Waals surface area contributed by atoms with E-state index >= 15 is 0 Å². The summed E-state index contributed by atoms with van der Waals surface area (Å²) in [6.45, 7) is 8.67. The highest BCUT2D eigenvalue weighted by Gasteiger charge is 2.36. The first-order chi connectivity index (χ1) is 23.0. The lowest BCUT2D eigenvalue weighted by Gasteiger charge is -2.31. The van der Waals surface area contributed by atoms with Crippen molar-refractivity contribution >= 4 is 29.6 Å². The van der Waals surface area contributed by atoms with E-state index in [1.165, 1.54) is 4.90 Å². The van der Waals surface area contributed by atoms with Gasteiger partial charge in [0.2, 0.25) is 5.91 Å². The van der Waals surface area contributed by atoms with Gasteiger partial charge in [0.15, 0.2) is 0 Å². The minimum Gasteiger partial charge on any atom is -0.489 e. The van der Waals surface area contributed by atoms with Gasteiger partial charge in [-0.1, -0.05) is 68.1 Å². The number of likely N-dealkylation sites (tertiary alicyclic amines) is 1. The summed E-state index contributed by atoms with van der Waals surface area (Å²) < 4.78 is 22.3. The van der Waals surface area contributed by atoms with E-state index in [1.807, 2.05) is 30.3 Å². The molecule has 48 heavy (non-hydrogen) atoms. The fourth-order valence-corrected chi connectivity index (χ4v) is 6.07. The van der Waals surface area contributed by atoms with E-state index in [-0.39, 0.29) is 38.4 Å². The molecule has 11 nitrogen and oxygen atoms in total. The van der Waals surface area contributed by atoms with Crippen molar-refractivity contribution in [2.75, 3.05) is 37.7 Å². The summed E-state index contributed by atoms with van der Waals surface area (Å²) in [7, 11) is 0. The van der Waals surface area contributed by atoms with Crippen LogP contribution < -0.4 is 15.0 Å². The second-order valence-corrected chi connectivity index (χ2v) is 13.4. The predicted octanol–water partition coefficient (Wildman–Crippen LogP) is 5.64. The number of rotatable bonds is 14. The number of esters is 2. The molecule has 2 aromatic carbocycles. The van der Waals surface area contributed by atoms with Crippen molar-refractivity contribution in [2.45, 2.75) is 96.9 Å². The highest BCUT2D eigenvalue weighted by atomic mass is 16.6. The molecule has 2 aliphatic rings. The molecule has 1 fully saturated rings. The number of benzene rings is 2. The standard InChI is InChI=1S/C37H51N3O8/c1-5-45-35(43)29(17-11-7-8-14-27-20-22-39(23-21-27)36(44)47-25-28-15-9-6-10-16-28)38-30-26-46-32-19-13-12-18-31(32)40(34(30)42)24-33(41)48-37(2,3)4/h6,9-10,12-13,15-16,18-19,27,29-30,38H,5,7-8,11,14,17,20-26H2,1-4H3/t29-,30?/m0/s1. The average molecular weight is 666 g/mol. The number of amides is 2. The van der Waals surface area contributed by atoms with Gasteiger partial charge in [-0.3, -0.25) is 24.6 Å². The Morgan fingerprint density at radius 3 is 2.38 bits per heavy atom. The number of anilines is 1. The van der Waals surface area contributed by atoms with Crippen LogP contribution in [0.3, 0.4) is 0 Å². The SMILES string of the molecule is CCOC(=O)[C@H](CCCCCC1CCN(C(=O)OCc2ccccc2)CC1)NC1COc2ccccc2N(CC(=O)OC(C)(C)C)C1=O. The van der Waals surface area contributed by atoms with E-state index in [4.69, 9.17) is 18.9 Å². The zero-order chi connectivity index (χ0) is 34.5. The Bertz CT molecular complexity index is 1350. The molecule has 0 radical (unpaired) electrons. The topological polar surface area (TPSA) is 124 Å². The summed E-state index contributed by atoms with van der Waals surface area (Å²) >= 11 is 0. The maximum atomic E-state index is 13.8. The summed E-state index contributed by atoms with van der Waals surface area (Å²) in [5.41, 5.74) is 0.740. The van der Waals surface area contributed by atoms with Crippen molar-refractivity contribution < 1.29 is 38.1 Å². The molecule has 1 unspecified atom stereocenters. The zero-order valence-corrected chi connectivity index (χ0v) is 28.8. The molecule has 11 heteroatoms. The third kappa shape index (κ3) is 11.2. The van der Waals surface area contributed by atoms with Crippen molar-refractivity contribution in [3.05, 3.63) is 60.2 Å². The Hall–Kier alpha value is -4.12. The number of nitrogens with zero attached hydrogens (tertiary/aromatic N) is 2. The first kappa shape index (κ1) is 36.7. The van der Waals surface area contributed by atoms with Crippen LogP contribution in [0.1, 0.15) is 78.2 Å². The minimum absolute atomic E-state index is 0.00489. The molecule has 0 bridgehead atoms. The minimum atomic E-state index is -0.876. The van der Waals surface area contributed by atoms with Gasteiger partial charge in [0.25, 0.3) is 0 Å². The van der Waals surface area contributed by atoms with E-state index in [2.05, 4.69) is 5.32 Å². The van der Waals surface area contributed by atoms with Gasteiger partial charge >= 0.3 is 18.0 Å². The average Bonchev–Trinajstić information content (AvgIpc) is 3.19. The lowest BCUT2D eigenvalue weighted by Crippen LogP contribution is -2.55. The quantitative estimate of drug-likeness (QED) is 0.155. The maximum absolute atomic E-state index is 13.8. The second-order valence-electron chi connectivity index (χ2n) is 13.4. The van der Waals surface area contributed by atoms with Crippen molar-refractivity contribution in [3.8, 4) is 5.75 Å². The van der Waals surface area contributed by atoms with Crippen molar-refractivity contribution in [2.24, 2.45) is 5.92 Å². The molecule has 2 atom stereocenters. The molecule has 2 amide bonds. The molecule has 1 saturated heterocycles.